The lowest BCUT2D eigenvalue weighted by molar-refractivity contribution is 0.266. The number of hydrogen-bond donors (Lipinski definition) is 2. The van der Waals surface area contributed by atoms with Crippen LogP contribution in [-0.2, 0) is 9.84 Å². The molecule has 1 aromatic rings. The largest absolute Gasteiger partial charge is 0.380 e. The monoisotopic (exact) mass is 294 g/mol. The third kappa shape index (κ3) is 2.39. The number of nitrogens with one attached hydrogen (secondary N) is 2. The Labute approximate surface area is 120 Å². The molecule has 1 aliphatic carbocycles. The van der Waals surface area contributed by atoms with E-state index < -0.39 is 9.84 Å². The topological polar surface area (TPSA) is 58.2 Å². The van der Waals surface area contributed by atoms with Gasteiger partial charge in [0.25, 0.3) is 0 Å². The van der Waals surface area contributed by atoms with Crippen LogP contribution in [0.2, 0.25) is 0 Å². The van der Waals surface area contributed by atoms with Gasteiger partial charge in [0.05, 0.1) is 21.8 Å². The van der Waals surface area contributed by atoms with Crippen LogP contribution in [0.1, 0.15) is 32.6 Å². The van der Waals surface area contributed by atoms with Crippen LogP contribution in [0.5, 0.6) is 0 Å². The molecule has 110 valence electrons. The first-order valence-corrected chi connectivity index (χ1v) is 9.14. The maximum atomic E-state index is 11.9. The molecular formula is C15H22N2O2S. The normalized spacial score (nSPS) is 29.4. The Hall–Kier alpha value is -1.23. The minimum absolute atomic E-state index is 0.0841. The van der Waals surface area contributed by atoms with E-state index in [-0.39, 0.29) is 5.54 Å². The molecule has 0 radical (unpaired) electrons. The lowest BCUT2D eigenvalue weighted by Crippen LogP contribution is -2.50. The highest BCUT2D eigenvalue weighted by Crippen LogP contribution is 2.42. The van der Waals surface area contributed by atoms with Crippen molar-refractivity contribution in [3.8, 4) is 0 Å². The zero-order valence-corrected chi connectivity index (χ0v) is 12.9. The average molecular weight is 294 g/mol. The van der Waals surface area contributed by atoms with E-state index in [9.17, 15) is 8.42 Å². The quantitative estimate of drug-likeness (QED) is 0.836. The summed E-state index contributed by atoms with van der Waals surface area (Å²) in [7, 11) is -3.20. The van der Waals surface area contributed by atoms with Crippen molar-refractivity contribution in [2.75, 3.05) is 23.4 Å². The van der Waals surface area contributed by atoms with Crippen molar-refractivity contribution in [2.45, 2.75) is 43.0 Å². The summed E-state index contributed by atoms with van der Waals surface area (Å²) in [6, 6.07) is 5.46. The lowest BCUT2D eigenvalue weighted by atomic mass is 9.75. The van der Waals surface area contributed by atoms with E-state index in [0.717, 1.165) is 36.7 Å². The molecule has 20 heavy (non-hydrogen) atoms. The Balaban J connectivity index is 1.97. The van der Waals surface area contributed by atoms with Crippen LogP contribution in [0.4, 0.5) is 11.4 Å². The minimum atomic E-state index is -3.20. The van der Waals surface area contributed by atoms with Crippen LogP contribution in [0.25, 0.3) is 0 Å². The molecule has 5 heteroatoms. The Morgan fingerprint density at radius 2 is 2.15 bits per heavy atom. The van der Waals surface area contributed by atoms with Gasteiger partial charge in [-0.05, 0) is 30.9 Å². The number of sulfone groups is 1. The van der Waals surface area contributed by atoms with Crippen LogP contribution in [-0.4, -0.2) is 26.8 Å². The number of rotatable bonds is 1. The van der Waals surface area contributed by atoms with Gasteiger partial charge in [-0.25, -0.2) is 8.42 Å². The van der Waals surface area contributed by atoms with Crippen LogP contribution >= 0.6 is 0 Å². The molecule has 2 aliphatic rings. The second kappa shape index (κ2) is 4.65. The highest BCUT2D eigenvalue weighted by atomic mass is 32.2. The highest BCUT2D eigenvalue weighted by molar-refractivity contribution is 7.90. The molecule has 1 heterocycles. The van der Waals surface area contributed by atoms with Gasteiger partial charge in [0.1, 0.15) is 0 Å². The average Bonchev–Trinajstić information content (AvgIpc) is 2.36. The third-order valence-corrected chi connectivity index (χ3v) is 5.66. The van der Waals surface area contributed by atoms with E-state index >= 15 is 0 Å². The summed E-state index contributed by atoms with van der Waals surface area (Å²) in [6.07, 6.45) is 6.07. The molecule has 2 N–H and O–H groups in total. The first-order valence-electron chi connectivity index (χ1n) is 7.25. The van der Waals surface area contributed by atoms with Gasteiger partial charge < -0.3 is 10.6 Å². The summed E-state index contributed by atoms with van der Waals surface area (Å²) in [5.41, 5.74) is 1.74. The van der Waals surface area contributed by atoms with E-state index in [4.69, 9.17) is 0 Å². The molecule has 3 rings (SSSR count). The van der Waals surface area contributed by atoms with Gasteiger partial charge in [0, 0.05) is 12.8 Å². The summed E-state index contributed by atoms with van der Waals surface area (Å²) in [5, 5.41) is 7.01. The molecule has 4 nitrogen and oxygen atoms in total. The van der Waals surface area contributed by atoms with E-state index in [1.54, 1.807) is 6.07 Å². The molecule has 1 saturated carbocycles. The second-order valence-electron chi connectivity index (χ2n) is 6.41. The van der Waals surface area contributed by atoms with Crippen LogP contribution < -0.4 is 10.6 Å². The SMILES string of the molecule is CC1CCCC2(CNc3c(cccc3S(C)(=O)=O)N2)C1. The number of anilines is 2. The Morgan fingerprint density at radius 3 is 2.85 bits per heavy atom. The van der Waals surface area contributed by atoms with Gasteiger partial charge in [-0.3, -0.25) is 0 Å². The van der Waals surface area contributed by atoms with Crippen molar-refractivity contribution >= 4 is 21.2 Å². The molecule has 2 unspecified atom stereocenters. The molecule has 1 fully saturated rings. The number of para-hydroxylation sites is 1. The van der Waals surface area contributed by atoms with E-state index in [1.807, 2.05) is 12.1 Å². The summed E-state index contributed by atoms with van der Waals surface area (Å²) >= 11 is 0. The molecule has 1 aromatic carbocycles. The first-order chi connectivity index (χ1) is 9.40. The lowest BCUT2D eigenvalue weighted by Gasteiger charge is -2.45. The molecule has 0 bridgehead atoms. The van der Waals surface area contributed by atoms with Gasteiger partial charge in [-0.15, -0.1) is 0 Å². The summed E-state index contributed by atoms with van der Waals surface area (Å²) in [4.78, 5) is 0.390. The fourth-order valence-corrected chi connectivity index (χ4v) is 4.53. The van der Waals surface area contributed by atoms with Crippen molar-refractivity contribution in [1.29, 1.82) is 0 Å². The van der Waals surface area contributed by atoms with E-state index in [0.29, 0.717) is 4.90 Å². The van der Waals surface area contributed by atoms with Crippen molar-refractivity contribution in [2.24, 2.45) is 5.92 Å². The smallest absolute Gasteiger partial charge is 0.177 e. The molecule has 1 spiro atoms. The summed E-state index contributed by atoms with van der Waals surface area (Å²) in [5.74, 6) is 0.720. The van der Waals surface area contributed by atoms with Crippen molar-refractivity contribution in [1.82, 2.24) is 0 Å². The maximum absolute atomic E-state index is 11.9. The number of benzene rings is 1. The maximum Gasteiger partial charge on any atom is 0.177 e. The highest BCUT2D eigenvalue weighted by Gasteiger charge is 2.38. The van der Waals surface area contributed by atoms with Crippen molar-refractivity contribution < 1.29 is 8.42 Å². The van der Waals surface area contributed by atoms with E-state index in [2.05, 4.69) is 17.6 Å². The summed E-state index contributed by atoms with van der Waals surface area (Å²) in [6.45, 7) is 3.10. The first kappa shape index (κ1) is 13.7. The fourth-order valence-electron chi connectivity index (χ4n) is 3.65. The minimum Gasteiger partial charge on any atom is -0.380 e. The standard InChI is InChI=1S/C15H22N2O2S/c1-11-5-4-8-15(9-11)10-16-14-12(17-15)6-3-7-13(14)20(2,18)19/h3,6-7,11,16-17H,4-5,8-10H2,1-2H3. The Kier molecular flexibility index (Phi) is 3.20. The fraction of sp³-hybridized carbons (Fsp3) is 0.600. The molecule has 2 atom stereocenters. The van der Waals surface area contributed by atoms with E-state index in [1.165, 1.54) is 19.1 Å². The van der Waals surface area contributed by atoms with Gasteiger partial charge in [0.2, 0.25) is 0 Å². The number of fused-ring (bicyclic) bond motifs is 1. The van der Waals surface area contributed by atoms with Gasteiger partial charge in [-0.1, -0.05) is 25.8 Å². The van der Waals surface area contributed by atoms with Crippen molar-refractivity contribution in [3.63, 3.8) is 0 Å². The van der Waals surface area contributed by atoms with Gasteiger partial charge in [-0.2, -0.15) is 0 Å². The van der Waals surface area contributed by atoms with Crippen LogP contribution in [0, 0.1) is 5.92 Å². The van der Waals surface area contributed by atoms with Crippen molar-refractivity contribution in [3.05, 3.63) is 18.2 Å². The second-order valence-corrected chi connectivity index (χ2v) is 8.40. The molecule has 1 aliphatic heterocycles. The summed E-state index contributed by atoms with van der Waals surface area (Å²) < 4.78 is 23.7. The molecule has 0 amide bonds. The molecule has 0 saturated heterocycles. The third-order valence-electron chi connectivity index (χ3n) is 4.52. The Morgan fingerprint density at radius 1 is 1.35 bits per heavy atom. The van der Waals surface area contributed by atoms with Crippen LogP contribution in [0.15, 0.2) is 23.1 Å². The Bertz CT molecular complexity index is 627. The zero-order chi connectivity index (χ0) is 14.4. The van der Waals surface area contributed by atoms with Gasteiger partial charge in [0.15, 0.2) is 9.84 Å². The van der Waals surface area contributed by atoms with Crippen LogP contribution in [0.3, 0.4) is 0 Å². The zero-order valence-electron chi connectivity index (χ0n) is 12.1. The molecular weight excluding hydrogens is 272 g/mol. The molecule has 0 aromatic heterocycles. The van der Waals surface area contributed by atoms with Gasteiger partial charge >= 0.3 is 0 Å². The number of hydrogen-bond acceptors (Lipinski definition) is 4. The predicted molar refractivity (Wildman–Crippen MR) is 82.0 cm³/mol. The predicted octanol–water partition coefficient (Wildman–Crippen LogP) is 2.88.